The van der Waals surface area contributed by atoms with Gasteiger partial charge in [-0.15, -0.1) is 11.8 Å². The van der Waals surface area contributed by atoms with E-state index >= 15 is 0 Å². The summed E-state index contributed by atoms with van der Waals surface area (Å²) in [6.45, 7) is 11.6. The van der Waals surface area contributed by atoms with Gasteiger partial charge in [-0.2, -0.15) is 5.10 Å². The summed E-state index contributed by atoms with van der Waals surface area (Å²) in [7, 11) is 0. The maximum atomic E-state index is 4.66. The average Bonchev–Trinajstić information content (AvgIpc) is 2.64. The van der Waals surface area contributed by atoms with Crippen LogP contribution >= 0.6 is 11.8 Å². The smallest absolute Gasteiger partial charge is 0.103 e. The van der Waals surface area contributed by atoms with E-state index in [0.717, 1.165) is 33.3 Å². The molecule has 128 valence electrons. The molecule has 0 bridgehead atoms. The van der Waals surface area contributed by atoms with E-state index in [1.54, 1.807) is 23.0 Å². The van der Waals surface area contributed by atoms with Crippen LogP contribution in [0.4, 0.5) is 5.69 Å². The zero-order chi connectivity index (χ0) is 18.2. The Labute approximate surface area is 154 Å². The molecular formula is C21H23N3S. The van der Waals surface area contributed by atoms with Crippen LogP contribution in [0.3, 0.4) is 0 Å². The van der Waals surface area contributed by atoms with Gasteiger partial charge < -0.3 is 0 Å². The lowest BCUT2D eigenvalue weighted by Crippen LogP contribution is -2.11. The summed E-state index contributed by atoms with van der Waals surface area (Å²) >= 11 is 1.61. The normalized spacial score (nSPS) is 12.0. The Bertz CT molecular complexity index is 790. The van der Waals surface area contributed by atoms with E-state index in [9.17, 15) is 0 Å². The van der Waals surface area contributed by atoms with Gasteiger partial charge in [-0.25, -0.2) is 10.0 Å². The van der Waals surface area contributed by atoms with Gasteiger partial charge in [-0.3, -0.25) is 0 Å². The molecule has 0 aromatic heterocycles. The zero-order valence-corrected chi connectivity index (χ0v) is 15.8. The molecule has 0 spiro atoms. The molecule has 0 saturated heterocycles. The highest BCUT2D eigenvalue weighted by Gasteiger charge is 2.06. The molecule has 2 rings (SSSR count). The summed E-state index contributed by atoms with van der Waals surface area (Å²) in [6, 6.07) is 18.2. The van der Waals surface area contributed by atoms with Gasteiger partial charge in [-0.1, -0.05) is 55.6 Å². The largest absolute Gasteiger partial charge is 0.247 e. The van der Waals surface area contributed by atoms with Crippen molar-refractivity contribution in [2.24, 2.45) is 10.1 Å². The minimum Gasteiger partial charge on any atom is -0.247 e. The Kier molecular flexibility index (Phi) is 6.78. The van der Waals surface area contributed by atoms with Crippen molar-refractivity contribution in [3.63, 3.8) is 0 Å². The topological polar surface area (TPSA) is 28.0 Å². The van der Waals surface area contributed by atoms with Crippen molar-refractivity contribution in [2.45, 2.75) is 13.8 Å². The molecule has 0 unspecified atom stereocenters. The Balaban J connectivity index is 2.26. The number of benzene rings is 2. The minimum atomic E-state index is 0.802. The van der Waals surface area contributed by atoms with Gasteiger partial charge >= 0.3 is 0 Å². The lowest BCUT2D eigenvalue weighted by atomic mass is 10.1. The molecule has 0 N–H and O–H groups in total. The van der Waals surface area contributed by atoms with Crippen LogP contribution in [0.2, 0.25) is 0 Å². The van der Waals surface area contributed by atoms with Gasteiger partial charge in [0, 0.05) is 17.5 Å². The van der Waals surface area contributed by atoms with Gasteiger partial charge in [0.2, 0.25) is 0 Å². The van der Waals surface area contributed by atoms with Crippen molar-refractivity contribution < 1.29 is 0 Å². The molecule has 0 aliphatic carbocycles. The highest BCUT2D eigenvalue weighted by molar-refractivity contribution is 8.13. The van der Waals surface area contributed by atoms with E-state index in [0.29, 0.717) is 0 Å². The first-order valence-corrected chi connectivity index (χ1v) is 9.18. The third kappa shape index (κ3) is 5.19. The van der Waals surface area contributed by atoms with E-state index in [1.807, 2.05) is 50.4 Å². The molecular weight excluding hydrogens is 326 g/mol. The van der Waals surface area contributed by atoms with Gasteiger partial charge in [0.25, 0.3) is 0 Å². The van der Waals surface area contributed by atoms with Crippen LogP contribution in [0.1, 0.15) is 25.0 Å². The SMILES string of the molecule is C=CN(/N=C(\C)c1ccc(C(=NC(=C)C)SC)cc1)c1ccccc1. The quantitative estimate of drug-likeness (QED) is 0.380. The molecule has 2 aromatic rings. The Morgan fingerprint density at radius 3 is 2.12 bits per heavy atom. The third-order valence-corrected chi connectivity index (χ3v) is 4.20. The van der Waals surface area contributed by atoms with E-state index in [2.05, 4.69) is 47.5 Å². The molecule has 0 aliphatic heterocycles. The predicted octanol–water partition coefficient (Wildman–Crippen LogP) is 5.70. The third-order valence-electron chi connectivity index (χ3n) is 3.49. The standard InChI is InChI=1S/C21H23N3S/c1-6-24(20-10-8-7-9-11-20)23-17(4)18-12-14-19(15-13-18)21(25-5)22-16(2)3/h6-15H,1-2H2,3-5H3/b22-21?,23-17+. The first-order chi connectivity index (χ1) is 12.0. The predicted molar refractivity (Wildman–Crippen MR) is 113 cm³/mol. The second kappa shape index (κ2) is 9.04. The van der Waals surface area contributed by atoms with Crippen LogP contribution in [-0.2, 0) is 0 Å². The molecule has 0 radical (unpaired) electrons. The fraction of sp³-hybridized carbons (Fsp3) is 0.143. The summed E-state index contributed by atoms with van der Waals surface area (Å²) in [5.41, 5.74) is 4.83. The first kappa shape index (κ1) is 18.7. The summed E-state index contributed by atoms with van der Waals surface area (Å²) in [4.78, 5) is 4.47. The minimum absolute atomic E-state index is 0.802. The number of hydrazone groups is 1. The van der Waals surface area contributed by atoms with Crippen molar-refractivity contribution in [2.75, 3.05) is 11.3 Å². The lowest BCUT2D eigenvalue weighted by molar-refractivity contribution is 1.08. The van der Waals surface area contributed by atoms with Crippen LogP contribution in [-0.4, -0.2) is 17.0 Å². The number of hydrogen-bond donors (Lipinski definition) is 0. The zero-order valence-electron chi connectivity index (χ0n) is 14.9. The second-order valence-electron chi connectivity index (χ2n) is 5.48. The van der Waals surface area contributed by atoms with Crippen molar-refractivity contribution in [3.05, 3.63) is 90.8 Å². The summed E-state index contributed by atoms with van der Waals surface area (Å²) in [5.74, 6) is 0. The van der Waals surface area contributed by atoms with Crippen LogP contribution in [0.25, 0.3) is 0 Å². The van der Waals surface area contributed by atoms with Crippen LogP contribution in [0, 0.1) is 0 Å². The van der Waals surface area contributed by atoms with E-state index in [1.165, 1.54) is 0 Å². The summed E-state index contributed by atoms with van der Waals surface area (Å²) < 4.78 is 0. The van der Waals surface area contributed by atoms with Crippen LogP contribution < -0.4 is 5.01 Å². The van der Waals surface area contributed by atoms with Crippen molar-refractivity contribution >= 4 is 28.2 Å². The van der Waals surface area contributed by atoms with Gasteiger partial charge in [-0.05, 0) is 37.8 Å². The Morgan fingerprint density at radius 2 is 1.60 bits per heavy atom. The highest BCUT2D eigenvalue weighted by Crippen LogP contribution is 2.17. The number of thioether (sulfide) groups is 1. The molecule has 0 saturated carbocycles. The Hall–Kier alpha value is -2.59. The molecule has 3 nitrogen and oxygen atoms in total. The van der Waals surface area contributed by atoms with Crippen molar-refractivity contribution in [1.29, 1.82) is 0 Å². The maximum absolute atomic E-state index is 4.66. The van der Waals surface area contributed by atoms with E-state index in [4.69, 9.17) is 0 Å². The Morgan fingerprint density at radius 1 is 1.00 bits per heavy atom. The molecule has 0 atom stereocenters. The van der Waals surface area contributed by atoms with E-state index < -0.39 is 0 Å². The van der Waals surface area contributed by atoms with Crippen LogP contribution in [0.15, 0.2) is 89.7 Å². The molecule has 0 heterocycles. The molecule has 2 aromatic carbocycles. The van der Waals surface area contributed by atoms with Crippen LogP contribution in [0.5, 0.6) is 0 Å². The van der Waals surface area contributed by atoms with E-state index in [-0.39, 0.29) is 0 Å². The number of rotatable bonds is 6. The fourth-order valence-electron chi connectivity index (χ4n) is 2.26. The van der Waals surface area contributed by atoms with Crippen molar-refractivity contribution in [1.82, 2.24) is 0 Å². The maximum Gasteiger partial charge on any atom is 0.103 e. The molecule has 0 aliphatic rings. The number of hydrogen-bond acceptors (Lipinski definition) is 4. The number of nitrogens with zero attached hydrogens (tertiary/aromatic N) is 3. The van der Waals surface area contributed by atoms with Gasteiger partial charge in [0.05, 0.1) is 11.4 Å². The number of allylic oxidation sites excluding steroid dienone is 1. The summed E-state index contributed by atoms with van der Waals surface area (Å²) in [6.07, 6.45) is 3.72. The second-order valence-corrected chi connectivity index (χ2v) is 6.28. The number of para-hydroxylation sites is 1. The highest BCUT2D eigenvalue weighted by atomic mass is 32.2. The first-order valence-electron chi connectivity index (χ1n) is 7.96. The van der Waals surface area contributed by atoms with Crippen molar-refractivity contribution in [3.8, 4) is 0 Å². The number of anilines is 1. The lowest BCUT2D eigenvalue weighted by Gasteiger charge is -2.15. The monoisotopic (exact) mass is 349 g/mol. The van der Waals surface area contributed by atoms with Gasteiger partial charge in [0.15, 0.2) is 0 Å². The molecule has 4 heteroatoms. The van der Waals surface area contributed by atoms with Gasteiger partial charge in [0.1, 0.15) is 5.04 Å². The average molecular weight is 350 g/mol. The molecule has 0 fully saturated rings. The molecule has 25 heavy (non-hydrogen) atoms. The molecule has 0 amide bonds. The fourth-order valence-corrected chi connectivity index (χ4v) is 2.88. The number of aliphatic imine (C=N–C) groups is 1. The summed E-state index contributed by atoms with van der Waals surface area (Å²) in [5, 5.41) is 7.40.